The maximum absolute atomic E-state index is 11.3. The van der Waals surface area contributed by atoms with E-state index in [1.165, 1.54) is 0 Å². The van der Waals surface area contributed by atoms with E-state index >= 15 is 0 Å². The highest BCUT2D eigenvalue weighted by Gasteiger charge is 2.14. The van der Waals surface area contributed by atoms with Crippen molar-refractivity contribution in [2.45, 2.75) is 20.8 Å². The molecule has 0 unspecified atom stereocenters. The minimum atomic E-state index is -0.533. The lowest BCUT2D eigenvalue weighted by molar-refractivity contribution is -0.118. The predicted octanol–water partition coefficient (Wildman–Crippen LogP) is 1.73. The van der Waals surface area contributed by atoms with Crippen LogP contribution in [0.4, 0.5) is 5.69 Å². The Balaban J connectivity index is 2.44. The number of hydrogen-bond donors (Lipinski definition) is 2. The molecule has 0 radical (unpaired) electrons. The van der Waals surface area contributed by atoms with Crippen molar-refractivity contribution in [2.75, 3.05) is 11.9 Å². The van der Waals surface area contributed by atoms with Gasteiger partial charge < -0.3 is 10.4 Å². The first-order valence-electron chi connectivity index (χ1n) is 6.07. The number of aliphatic hydroxyl groups is 1. The molecule has 0 aliphatic heterocycles. The maximum atomic E-state index is 11.3. The van der Waals surface area contributed by atoms with Crippen LogP contribution in [-0.2, 0) is 4.79 Å². The van der Waals surface area contributed by atoms with E-state index in [4.69, 9.17) is 5.11 Å². The largest absolute Gasteiger partial charge is 0.387 e. The number of carbonyl (C=O) groups excluding carboxylic acids is 1. The van der Waals surface area contributed by atoms with Gasteiger partial charge >= 0.3 is 0 Å². The number of amides is 1. The Bertz CT molecular complexity index is 617. The molecule has 2 rings (SSSR count). The predicted molar refractivity (Wildman–Crippen MR) is 73.5 cm³/mol. The number of nitrogens with one attached hydrogen (secondary N) is 1. The van der Waals surface area contributed by atoms with Crippen molar-refractivity contribution in [2.24, 2.45) is 0 Å². The van der Waals surface area contributed by atoms with Gasteiger partial charge in [-0.15, -0.1) is 0 Å². The fraction of sp³-hybridized carbons (Fsp3) is 0.286. The first-order chi connectivity index (χ1) is 9.02. The van der Waals surface area contributed by atoms with Crippen LogP contribution in [-0.4, -0.2) is 27.4 Å². The molecule has 1 heterocycles. The summed E-state index contributed by atoms with van der Waals surface area (Å²) < 4.78 is 1.79. The second-order valence-corrected chi connectivity index (χ2v) is 4.50. The van der Waals surface area contributed by atoms with Gasteiger partial charge in [-0.1, -0.05) is 12.1 Å². The quantitative estimate of drug-likeness (QED) is 0.882. The highest BCUT2D eigenvalue weighted by Crippen LogP contribution is 2.23. The summed E-state index contributed by atoms with van der Waals surface area (Å²) in [6.07, 6.45) is 0. The number of hydrogen-bond acceptors (Lipinski definition) is 3. The summed E-state index contributed by atoms with van der Waals surface area (Å²) in [7, 11) is 0. The number of anilines is 1. The lowest BCUT2D eigenvalue weighted by Crippen LogP contribution is -2.16. The summed E-state index contributed by atoms with van der Waals surface area (Å²) >= 11 is 0. The smallest absolute Gasteiger partial charge is 0.250 e. The van der Waals surface area contributed by atoms with Crippen LogP contribution >= 0.6 is 0 Å². The molecule has 0 aliphatic rings. The zero-order valence-corrected chi connectivity index (χ0v) is 11.3. The van der Waals surface area contributed by atoms with Crippen molar-refractivity contribution in [3.05, 3.63) is 41.2 Å². The summed E-state index contributed by atoms with van der Waals surface area (Å²) in [5, 5.41) is 15.9. The molecule has 2 aromatic rings. The zero-order chi connectivity index (χ0) is 14.0. The van der Waals surface area contributed by atoms with Gasteiger partial charge in [0.1, 0.15) is 6.61 Å². The Morgan fingerprint density at radius 3 is 2.74 bits per heavy atom. The number of aliphatic hydroxyl groups excluding tert-OH is 1. The fourth-order valence-electron chi connectivity index (χ4n) is 2.01. The molecule has 2 N–H and O–H groups in total. The van der Waals surface area contributed by atoms with Crippen LogP contribution in [0.25, 0.3) is 5.69 Å². The van der Waals surface area contributed by atoms with Crippen molar-refractivity contribution in [3.63, 3.8) is 0 Å². The Morgan fingerprint density at radius 2 is 2.11 bits per heavy atom. The molecule has 0 bridgehead atoms. The third-order valence-electron chi connectivity index (χ3n) is 2.95. The number of nitrogens with zero attached hydrogens (tertiary/aromatic N) is 2. The third-order valence-corrected chi connectivity index (χ3v) is 2.95. The van der Waals surface area contributed by atoms with E-state index in [0.29, 0.717) is 5.69 Å². The molecule has 1 aromatic heterocycles. The van der Waals surface area contributed by atoms with Gasteiger partial charge in [-0.05, 0) is 38.5 Å². The van der Waals surface area contributed by atoms with Gasteiger partial charge in [-0.25, -0.2) is 4.68 Å². The van der Waals surface area contributed by atoms with Crippen molar-refractivity contribution in [1.29, 1.82) is 0 Å². The molecule has 0 saturated heterocycles. The Morgan fingerprint density at radius 1 is 1.37 bits per heavy atom. The number of benzene rings is 1. The number of aryl methyl sites for hydroxylation is 2. The molecule has 19 heavy (non-hydrogen) atoms. The van der Waals surface area contributed by atoms with Crippen LogP contribution in [0.2, 0.25) is 0 Å². The average Bonchev–Trinajstić information content (AvgIpc) is 2.66. The maximum Gasteiger partial charge on any atom is 0.250 e. The van der Waals surface area contributed by atoms with E-state index in [-0.39, 0.29) is 0 Å². The molecular weight excluding hydrogens is 242 g/mol. The third kappa shape index (κ3) is 2.66. The molecule has 100 valence electrons. The second-order valence-electron chi connectivity index (χ2n) is 4.50. The van der Waals surface area contributed by atoms with Crippen LogP contribution in [0, 0.1) is 20.8 Å². The van der Waals surface area contributed by atoms with Gasteiger partial charge in [0, 0.05) is 0 Å². The van der Waals surface area contributed by atoms with Crippen molar-refractivity contribution < 1.29 is 9.90 Å². The number of aromatic nitrogens is 2. The van der Waals surface area contributed by atoms with Crippen LogP contribution in [0.1, 0.15) is 17.0 Å². The van der Waals surface area contributed by atoms with Crippen LogP contribution in [0.3, 0.4) is 0 Å². The van der Waals surface area contributed by atoms with Gasteiger partial charge in [-0.2, -0.15) is 5.10 Å². The van der Waals surface area contributed by atoms with Gasteiger partial charge in [0.25, 0.3) is 0 Å². The monoisotopic (exact) mass is 259 g/mol. The molecule has 5 nitrogen and oxygen atoms in total. The average molecular weight is 259 g/mol. The zero-order valence-electron chi connectivity index (χ0n) is 11.3. The summed E-state index contributed by atoms with van der Waals surface area (Å²) in [6, 6.07) is 7.97. The number of rotatable bonds is 3. The highest BCUT2D eigenvalue weighted by atomic mass is 16.3. The lowest BCUT2D eigenvalue weighted by atomic mass is 10.2. The van der Waals surface area contributed by atoms with E-state index in [1.807, 2.05) is 45.0 Å². The molecule has 1 aromatic carbocycles. The molecule has 5 heteroatoms. The summed E-state index contributed by atoms with van der Waals surface area (Å²) in [4.78, 5) is 11.3. The first kappa shape index (κ1) is 13.3. The molecule has 0 atom stereocenters. The summed E-state index contributed by atoms with van der Waals surface area (Å²) in [6.45, 7) is 5.19. The van der Waals surface area contributed by atoms with Crippen molar-refractivity contribution >= 4 is 11.6 Å². The van der Waals surface area contributed by atoms with E-state index in [9.17, 15) is 4.79 Å². The lowest BCUT2D eigenvalue weighted by Gasteiger charge is -2.06. The molecule has 0 fully saturated rings. The molecule has 0 saturated carbocycles. The van der Waals surface area contributed by atoms with E-state index < -0.39 is 12.5 Å². The van der Waals surface area contributed by atoms with E-state index in [2.05, 4.69) is 10.4 Å². The van der Waals surface area contributed by atoms with Crippen LogP contribution < -0.4 is 5.32 Å². The highest BCUT2D eigenvalue weighted by molar-refractivity contribution is 5.92. The fourth-order valence-corrected chi connectivity index (χ4v) is 2.01. The minimum absolute atomic E-state index is 0.435. The van der Waals surface area contributed by atoms with Crippen molar-refractivity contribution in [1.82, 2.24) is 9.78 Å². The Labute approximate surface area is 111 Å². The van der Waals surface area contributed by atoms with Crippen molar-refractivity contribution in [3.8, 4) is 5.69 Å². The Kier molecular flexibility index (Phi) is 3.66. The van der Waals surface area contributed by atoms with Gasteiger partial charge in [0.05, 0.1) is 22.8 Å². The standard InChI is InChI=1S/C14H17N3O2/c1-9-5-4-6-12(7-9)17-11(3)14(10(2)16-17)15-13(19)8-18/h4-7,18H,8H2,1-3H3,(H,15,19). The van der Waals surface area contributed by atoms with E-state index in [1.54, 1.807) is 4.68 Å². The molecule has 0 spiro atoms. The summed E-state index contributed by atoms with van der Waals surface area (Å²) in [5.74, 6) is -0.435. The normalized spacial score (nSPS) is 10.5. The molecule has 0 aliphatic carbocycles. The topological polar surface area (TPSA) is 67.2 Å². The first-order valence-corrected chi connectivity index (χ1v) is 6.07. The SMILES string of the molecule is Cc1cccc(-n2nc(C)c(NC(=O)CO)c2C)c1. The Hall–Kier alpha value is -2.14. The van der Waals surface area contributed by atoms with Crippen LogP contribution in [0.5, 0.6) is 0 Å². The second kappa shape index (κ2) is 5.24. The van der Waals surface area contributed by atoms with Gasteiger partial charge in [0.15, 0.2) is 0 Å². The minimum Gasteiger partial charge on any atom is -0.387 e. The summed E-state index contributed by atoms with van der Waals surface area (Å²) in [5.41, 5.74) is 4.31. The van der Waals surface area contributed by atoms with Gasteiger partial charge in [-0.3, -0.25) is 4.79 Å². The van der Waals surface area contributed by atoms with Crippen LogP contribution in [0.15, 0.2) is 24.3 Å². The molecule has 1 amide bonds. The number of carbonyl (C=O) groups is 1. The van der Waals surface area contributed by atoms with E-state index in [0.717, 1.165) is 22.6 Å². The molecular formula is C14H17N3O2. The van der Waals surface area contributed by atoms with Gasteiger partial charge in [0.2, 0.25) is 5.91 Å².